The lowest BCUT2D eigenvalue weighted by Gasteiger charge is -2.39. The highest BCUT2D eigenvalue weighted by molar-refractivity contribution is 6.45. The molecule has 0 saturated carbocycles. The predicted octanol–water partition coefficient (Wildman–Crippen LogP) is 8.12. The minimum Gasteiger partial charge on any atom is -0.452 e. The number of rotatable bonds is 0. The molecule has 0 aromatic heterocycles. The number of hydrogen-bond donors (Lipinski definition) is 0. The number of benzene rings is 7. The van der Waals surface area contributed by atoms with Crippen LogP contribution in [0.1, 0.15) is 68.4 Å². The molecular weight excluding hydrogens is 556 g/mol. The molecule has 4 nitrogen and oxygen atoms in total. The van der Waals surface area contributed by atoms with Crippen LogP contribution >= 0.6 is 0 Å². The minimum absolute atomic E-state index is 0.199. The van der Waals surface area contributed by atoms with Gasteiger partial charge in [-0.05, 0) is 137 Å². The van der Waals surface area contributed by atoms with Crippen molar-refractivity contribution in [3.63, 3.8) is 0 Å². The van der Waals surface area contributed by atoms with Crippen LogP contribution in [0.4, 0.5) is 0 Å². The highest BCUT2D eigenvalue weighted by Crippen LogP contribution is 2.53. The maximum atomic E-state index is 13.5. The van der Waals surface area contributed by atoms with Crippen LogP contribution in [-0.4, -0.2) is 17.5 Å². The Balaban J connectivity index is 1.12. The fourth-order valence-electron chi connectivity index (χ4n) is 8.76. The molecule has 45 heavy (non-hydrogen) atoms. The number of esters is 1. The van der Waals surface area contributed by atoms with Gasteiger partial charge in [0.15, 0.2) is 6.10 Å². The maximum Gasteiger partial charge on any atom is 0.318 e. The standard InChI is InChI=1S/C41H22O4/c42-38-35-27-11-19-5-1-2-6-20(19)12-28(27)36(39(38)43)30-16-24-10-26-18-34-32(17-25(26)9-23(24)15-29(30)35)37-31-13-21-7-3-4-8-22(21)14-33(31)40(34)45-41(37)44/h1-18,35-37,40H. The van der Waals surface area contributed by atoms with Crippen LogP contribution in [0, 0.1) is 0 Å². The first kappa shape index (κ1) is 23.8. The Morgan fingerprint density at radius 3 is 1.07 bits per heavy atom. The molecule has 0 spiro atoms. The van der Waals surface area contributed by atoms with Crippen molar-refractivity contribution in [2.24, 2.45) is 0 Å². The van der Waals surface area contributed by atoms with Crippen molar-refractivity contribution in [2.45, 2.75) is 23.9 Å². The summed E-state index contributed by atoms with van der Waals surface area (Å²) in [5, 5.41) is 8.55. The van der Waals surface area contributed by atoms with Crippen molar-refractivity contribution in [3.8, 4) is 0 Å². The zero-order valence-electron chi connectivity index (χ0n) is 23.8. The molecule has 2 heterocycles. The Kier molecular flexibility index (Phi) is 4.18. The van der Waals surface area contributed by atoms with E-state index in [1.165, 1.54) is 0 Å². The van der Waals surface area contributed by atoms with Gasteiger partial charge in [-0.3, -0.25) is 14.4 Å². The molecule has 0 fully saturated rings. The fourth-order valence-corrected chi connectivity index (χ4v) is 8.76. The summed E-state index contributed by atoms with van der Waals surface area (Å²) in [7, 11) is 0. The lowest BCUT2D eigenvalue weighted by molar-refractivity contribution is -0.151. The van der Waals surface area contributed by atoms with Gasteiger partial charge in [-0.25, -0.2) is 0 Å². The normalized spacial score (nSPS) is 22.1. The Hall–Kier alpha value is -5.61. The van der Waals surface area contributed by atoms with Gasteiger partial charge in [-0.2, -0.15) is 0 Å². The van der Waals surface area contributed by atoms with Gasteiger partial charge >= 0.3 is 5.97 Å². The minimum atomic E-state index is -0.586. The SMILES string of the molecule is O=C1OC2c3cc4ccccc4cc3C1c1cc3cc4cc5c(cc4cc3cc12)C1C(=O)C(=O)C5c2cc3ccccc3cc21. The van der Waals surface area contributed by atoms with Crippen LogP contribution in [0.15, 0.2) is 109 Å². The van der Waals surface area contributed by atoms with E-state index in [2.05, 4.69) is 84.9 Å². The maximum absolute atomic E-state index is 13.5. The lowest BCUT2D eigenvalue weighted by atomic mass is 9.62. The first-order chi connectivity index (χ1) is 22.0. The van der Waals surface area contributed by atoms with Crippen LogP contribution in [0.2, 0.25) is 0 Å². The molecule has 0 amide bonds. The Bertz CT molecular complexity index is 2610. The van der Waals surface area contributed by atoms with Crippen molar-refractivity contribution in [3.05, 3.63) is 154 Å². The largest absolute Gasteiger partial charge is 0.452 e. The summed E-state index contributed by atoms with van der Waals surface area (Å²) in [5.74, 6) is -2.45. The van der Waals surface area contributed by atoms with Crippen molar-refractivity contribution in [2.75, 3.05) is 0 Å². The molecule has 210 valence electrons. The lowest BCUT2D eigenvalue weighted by Crippen LogP contribution is -2.40. The van der Waals surface area contributed by atoms with E-state index in [4.69, 9.17) is 4.74 Å². The molecular formula is C41H22O4. The molecule has 2 aliphatic heterocycles. The summed E-state index contributed by atoms with van der Waals surface area (Å²) >= 11 is 0. The van der Waals surface area contributed by atoms with E-state index >= 15 is 0 Å². The molecule has 4 unspecified atom stereocenters. The third-order valence-corrected chi connectivity index (χ3v) is 10.8. The van der Waals surface area contributed by atoms with E-state index in [9.17, 15) is 14.4 Å². The smallest absolute Gasteiger partial charge is 0.318 e. The molecule has 0 saturated heterocycles. The number of carbonyl (C=O) groups is 3. The molecule has 0 radical (unpaired) electrons. The zero-order chi connectivity index (χ0) is 29.7. The molecule has 4 atom stereocenters. The molecule has 4 bridgehead atoms. The Morgan fingerprint density at radius 2 is 0.667 bits per heavy atom. The zero-order valence-corrected chi connectivity index (χ0v) is 23.8. The third kappa shape index (κ3) is 2.90. The summed E-state index contributed by atoms with van der Waals surface area (Å²) < 4.78 is 6.01. The van der Waals surface area contributed by atoms with Crippen LogP contribution in [0.3, 0.4) is 0 Å². The second-order valence-corrected chi connectivity index (χ2v) is 13.0. The van der Waals surface area contributed by atoms with Gasteiger partial charge in [0, 0.05) is 11.1 Å². The molecule has 4 heteroatoms. The number of ether oxygens (including phenoxy) is 1. The Labute approximate surface area is 256 Å². The first-order valence-electron chi connectivity index (χ1n) is 15.4. The monoisotopic (exact) mass is 578 g/mol. The van der Waals surface area contributed by atoms with Gasteiger partial charge < -0.3 is 4.74 Å². The first-order valence-corrected chi connectivity index (χ1v) is 15.4. The van der Waals surface area contributed by atoms with Crippen LogP contribution < -0.4 is 0 Å². The molecule has 0 N–H and O–H groups in total. The number of ketones is 2. The fraction of sp³-hybridized carbons (Fsp3) is 0.0976. The van der Waals surface area contributed by atoms with Crippen molar-refractivity contribution in [1.82, 2.24) is 0 Å². The average Bonchev–Trinajstić information content (AvgIpc) is 3.05. The van der Waals surface area contributed by atoms with Gasteiger partial charge in [0.05, 0.1) is 11.8 Å². The second kappa shape index (κ2) is 7.91. The molecule has 6 aliphatic rings. The second-order valence-electron chi connectivity index (χ2n) is 13.0. The number of fused-ring (bicyclic) bond motifs is 6. The van der Waals surface area contributed by atoms with Crippen LogP contribution in [0.5, 0.6) is 0 Å². The summed E-state index contributed by atoms with van der Waals surface area (Å²) in [6.45, 7) is 0. The summed E-state index contributed by atoms with van der Waals surface area (Å²) in [6, 6.07) is 37.8. The summed E-state index contributed by atoms with van der Waals surface area (Å²) in [5.41, 5.74) is 7.90. The van der Waals surface area contributed by atoms with Crippen molar-refractivity contribution < 1.29 is 19.1 Å². The highest BCUT2D eigenvalue weighted by Gasteiger charge is 2.49. The number of hydrogen-bond acceptors (Lipinski definition) is 4. The molecule has 4 aliphatic carbocycles. The molecule has 7 aromatic carbocycles. The summed E-state index contributed by atoms with van der Waals surface area (Å²) in [4.78, 5) is 40.2. The van der Waals surface area contributed by atoms with Gasteiger partial charge in [-0.1, -0.05) is 48.5 Å². The average molecular weight is 579 g/mol. The summed E-state index contributed by atoms with van der Waals surface area (Å²) in [6.07, 6.45) is -0.438. The van der Waals surface area contributed by atoms with E-state index in [0.717, 1.165) is 87.6 Å². The number of Topliss-reactive ketones (excluding diaryl/α,β-unsaturated/α-hetero) is 2. The van der Waals surface area contributed by atoms with Crippen LogP contribution in [0.25, 0.3) is 43.1 Å². The third-order valence-electron chi connectivity index (χ3n) is 10.8. The van der Waals surface area contributed by atoms with Crippen LogP contribution in [-0.2, 0) is 19.1 Å². The van der Waals surface area contributed by atoms with E-state index in [-0.39, 0.29) is 17.5 Å². The van der Waals surface area contributed by atoms with Gasteiger partial charge in [-0.15, -0.1) is 0 Å². The van der Waals surface area contributed by atoms with Crippen molar-refractivity contribution in [1.29, 1.82) is 0 Å². The quantitative estimate of drug-likeness (QED) is 0.104. The Morgan fingerprint density at radius 1 is 0.356 bits per heavy atom. The molecule has 7 aromatic rings. The predicted molar refractivity (Wildman–Crippen MR) is 173 cm³/mol. The topological polar surface area (TPSA) is 60.4 Å². The van der Waals surface area contributed by atoms with E-state index in [1.807, 2.05) is 24.3 Å². The van der Waals surface area contributed by atoms with Gasteiger partial charge in [0.2, 0.25) is 11.6 Å². The molecule has 13 rings (SSSR count). The number of carbonyl (C=O) groups excluding carboxylic acids is 3. The van der Waals surface area contributed by atoms with E-state index in [1.54, 1.807) is 0 Å². The van der Waals surface area contributed by atoms with Gasteiger partial charge in [0.25, 0.3) is 0 Å². The van der Waals surface area contributed by atoms with Crippen molar-refractivity contribution >= 4 is 60.6 Å². The highest BCUT2D eigenvalue weighted by atomic mass is 16.5. The van der Waals surface area contributed by atoms with E-state index < -0.39 is 23.9 Å². The van der Waals surface area contributed by atoms with E-state index in [0.29, 0.717) is 0 Å². The van der Waals surface area contributed by atoms with Gasteiger partial charge in [0.1, 0.15) is 5.92 Å².